The van der Waals surface area contributed by atoms with Crippen molar-refractivity contribution < 1.29 is 29.4 Å². The summed E-state index contributed by atoms with van der Waals surface area (Å²) in [6, 6.07) is 12.6. The van der Waals surface area contributed by atoms with E-state index in [4.69, 9.17) is 0 Å². The van der Waals surface area contributed by atoms with E-state index in [2.05, 4.69) is 4.90 Å². The van der Waals surface area contributed by atoms with Gasteiger partial charge in [-0.15, -0.1) is 0 Å². The molecule has 0 aliphatic carbocycles. The van der Waals surface area contributed by atoms with E-state index in [-0.39, 0.29) is 23.2 Å². The summed E-state index contributed by atoms with van der Waals surface area (Å²) in [6.45, 7) is 2.61. The second kappa shape index (κ2) is 8.19. The van der Waals surface area contributed by atoms with Gasteiger partial charge in [0.2, 0.25) is 5.91 Å². The minimum atomic E-state index is -1.34. The number of benzene rings is 2. The summed E-state index contributed by atoms with van der Waals surface area (Å²) >= 11 is 0. The van der Waals surface area contributed by atoms with Crippen molar-refractivity contribution in [1.29, 1.82) is 0 Å². The van der Waals surface area contributed by atoms with Gasteiger partial charge in [0.15, 0.2) is 0 Å². The molecule has 2 saturated heterocycles. The average Bonchev–Trinajstić information content (AvgIpc) is 3.08. The zero-order valence-electron chi connectivity index (χ0n) is 16.6. The minimum Gasteiger partial charge on any atom is -0.478 e. The number of hydrogen-bond acceptors (Lipinski definition) is 6. The van der Waals surface area contributed by atoms with E-state index in [1.807, 2.05) is 35.2 Å². The lowest BCUT2D eigenvalue weighted by Gasteiger charge is -2.38. The van der Waals surface area contributed by atoms with Crippen LogP contribution in [0, 0.1) is 0 Å². The molecule has 0 saturated carbocycles. The number of rotatable bonds is 5. The first kappa shape index (κ1) is 20.5. The smallest absolute Gasteiger partial charge is 0.335 e. The third-order valence-corrected chi connectivity index (χ3v) is 5.67. The predicted octanol–water partition coefficient (Wildman–Crippen LogP) is 1.54. The largest absolute Gasteiger partial charge is 0.478 e. The summed E-state index contributed by atoms with van der Waals surface area (Å²) in [4.78, 5) is 53.6. The summed E-state index contributed by atoms with van der Waals surface area (Å²) in [5.74, 6) is -3.61. The average molecular weight is 423 g/mol. The predicted molar refractivity (Wildman–Crippen MR) is 111 cm³/mol. The molecule has 1 atom stereocenters. The van der Waals surface area contributed by atoms with Crippen molar-refractivity contribution in [3.8, 4) is 0 Å². The van der Waals surface area contributed by atoms with E-state index >= 15 is 0 Å². The fourth-order valence-corrected chi connectivity index (χ4v) is 4.09. The summed E-state index contributed by atoms with van der Waals surface area (Å²) in [6.07, 6.45) is -0.0239. The van der Waals surface area contributed by atoms with Crippen molar-refractivity contribution in [2.75, 3.05) is 36.0 Å². The normalized spacial score (nSPS) is 19.7. The summed E-state index contributed by atoms with van der Waals surface area (Å²) < 4.78 is 0. The van der Waals surface area contributed by atoms with Crippen molar-refractivity contribution >= 4 is 35.1 Å². The van der Waals surface area contributed by atoms with Gasteiger partial charge in [-0.1, -0.05) is 18.2 Å². The van der Waals surface area contributed by atoms with Gasteiger partial charge < -0.3 is 15.1 Å². The van der Waals surface area contributed by atoms with Crippen LogP contribution in [0.5, 0.6) is 0 Å². The Labute approximate surface area is 178 Å². The molecule has 2 fully saturated rings. The Bertz CT molecular complexity index is 1010. The number of piperazine rings is 1. The molecule has 2 aromatic carbocycles. The molecule has 31 heavy (non-hydrogen) atoms. The number of carboxylic acids is 2. The Kier molecular flexibility index (Phi) is 5.43. The molecule has 2 aliphatic heterocycles. The Morgan fingerprint density at radius 3 is 1.94 bits per heavy atom. The molecule has 2 aromatic rings. The molecule has 0 spiro atoms. The van der Waals surface area contributed by atoms with Crippen LogP contribution in [0.15, 0.2) is 48.5 Å². The maximum atomic E-state index is 13.1. The molecule has 2 aliphatic rings. The van der Waals surface area contributed by atoms with Crippen molar-refractivity contribution in [1.82, 2.24) is 4.90 Å². The molecule has 9 heteroatoms. The highest BCUT2D eigenvalue weighted by molar-refractivity contribution is 6.23. The van der Waals surface area contributed by atoms with Crippen LogP contribution in [0.25, 0.3) is 0 Å². The van der Waals surface area contributed by atoms with Crippen molar-refractivity contribution in [2.24, 2.45) is 0 Å². The molecule has 4 rings (SSSR count). The highest BCUT2D eigenvalue weighted by Crippen LogP contribution is 2.29. The number of para-hydroxylation sites is 1. The van der Waals surface area contributed by atoms with E-state index in [0.29, 0.717) is 26.2 Å². The van der Waals surface area contributed by atoms with Crippen LogP contribution in [0.4, 0.5) is 11.4 Å². The fraction of sp³-hybridized carbons (Fsp3) is 0.273. The van der Waals surface area contributed by atoms with Crippen LogP contribution in [-0.4, -0.2) is 71.1 Å². The maximum Gasteiger partial charge on any atom is 0.335 e. The topological polar surface area (TPSA) is 118 Å². The lowest BCUT2D eigenvalue weighted by molar-refractivity contribution is -0.123. The van der Waals surface area contributed by atoms with E-state index in [1.165, 1.54) is 0 Å². The lowest BCUT2D eigenvalue weighted by Crippen LogP contribution is -2.52. The minimum absolute atomic E-state index is 0.0239. The van der Waals surface area contributed by atoms with E-state index in [0.717, 1.165) is 28.8 Å². The third kappa shape index (κ3) is 3.99. The molecule has 160 valence electrons. The third-order valence-electron chi connectivity index (χ3n) is 5.67. The highest BCUT2D eigenvalue weighted by Gasteiger charge is 2.43. The molecule has 1 unspecified atom stereocenters. The molecule has 9 nitrogen and oxygen atoms in total. The van der Waals surface area contributed by atoms with Gasteiger partial charge in [-0.05, 0) is 30.3 Å². The van der Waals surface area contributed by atoms with Gasteiger partial charge in [0.25, 0.3) is 5.91 Å². The van der Waals surface area contributed by atoms with Crippen LogP contribution in [-0.2, 0) is 9.59 Å². The summed E-state index contributed by atoms with van der Waals surface area (Å²) in [5.41, 5.74) is 0.479. The number of amides is 2. The van der Waals surface area contributed by atoms with Crippen LogP contribution >= 0.6 is 0 Å². The van der Waals surface area contributed by atoms with Crippen LogP contribution in [0.1, 0.15) is 27.1 Å². The molecule has 0 aromatic heterocycles. The Morgan fingerprint density at radius 1 is 0.806 bits per heavy atom. The second-order valence-corrected chi connectivity index (χ2v) is 7.52. The second-order valence-electron chi connectivity index (χ2n) is 7.52. The van der Waals surface area contributed by atoms with Crippen molar-refractivity contribution in [2.45, 2.75) is 12.5 Å². The first-order valence-electron chi connectivity index (χ1n) is 9.87. The SMILES string of the molecule is O=C(O)c1cc(C(=O)O)cc(N2C(=O)CC(N3CCN(c4ccccc4)CC3)C2=O)c1. The van der Waals surface area contributed by atoms with E-state index in [1.54, 1.807) is 0 Å². The molecule has 2 amide bonds. The molecule has 0 bridgehead atoms. The number of nitrogens with zero attached hydrogens (tertiary/aromatic N) is 3. The van der Waals surface area contributed by atoms with Gasteiger partial charge in [0.1, 0.15) is 0 Å². The van der Waals surface area contributed by atoms with Gasteiger partial charge in [-0.3, -0.25) is 14.5 Å². The van der Waals surface area contributed by atoms with Crippen LogP contribution in [0.3, 0.4) is 0 Å². The number of carbonyl (C=O) groups is 4. The standard InChI is InChI=1S/C22H21N3O6/c26-19-13-18(24-8-6-23(7-9-24)16-4-2-1-3-5-16)20(27)25(19)17-11-14(21(28)29)10-15(12-17)22(30)31/h1-5,10-12,18H,6-9,13H2,(H,28,29)(H,30,31). The first-order chi connectivity index (χ1) is 14.8. The van der Waals surface area contributed by atoms with Gasteiger partial charge >= 0.3 is 11.9 Å². The molecular weight excluding hydrogens is 402 g/mol. The number of imide groups is 1. The zero-order valence-corrected chi connectivity index (χ0v) is 16.6. The van der Waals surface area contributed by atoms with Crippen molar-refractivity contribution in [3.05, 3.63) is 59.7 Å². The van der Waals surface area contributed by atoms with E-state index < -0.39 is 29.8 Å². The van der Waals surface area contributed by atoms with Crippen molar-refractivity contribution in [3.63, 3.8) is 0 Å². The number of carboxylic acid groups (broad SMARTS) is 2. The quantitative estimate of drug-likeness (QED) is 0.696. The highest BCUT2D eigenvalue weighted by atomic mass is 16.4. The van der Waals surface area contributed by atoms with Gasteiger partial charge in [-0.2, -0.15) is 0 Å². The number of hydrogen-bond donors (Lipinski definition) is 2. The van der Waals surface area contributed by atoms with Gasteiger partial charge in [-0.25, -0.2) is 14.5 Å². The first-order valence-corrected chi connectivity index (χ1v) is 9.87. The monoisotopic (exact) mass is 423 g/mol. The molecule has 0 radical (unpaired) electrons. The van der Waals surface area contributed by atoms with Gasteiger partial charge in [0.05, 0.1) is 29.3 Å². The molecule has 2 heterocycles. The summed E-state index contributed by atoms with van der Waals surface area (Å²) in [5, 5.41) is 18.5. The number of anilines is 2. The number of carbonyl (C=O) groups excluding carboxylic acids is 2. The lowest BCUT2D eigenvalue weighted by atomic mass is 10.1. The fourth-order valence-electron chi connectivity index (χ4n) is 4.09. The maximum absolute atomic E-state index is 13.1. The van der Waals surface area contributed by atoms with E-state index in [9.17, 15) is 29.4 Å². The Hall–Kier alpha value is -3.72. The zero-order chi connectivity index (χ0) is 22.1. The van der Waals surface area contributed by atoms with Crippen LogP contribution in [0.2, 0.25) is 0 Å². The number of aromatic carboxylic acids is 2. The molecular formula is C22H21N3O6. The molecule has 2 N–H and O–H groups in total. The van der Waals surface area contributed by atoms with Crippen LogP contribution < -0.4 is 9.80 Å². The Balaban J connectivity index is 1.52. The van der Waals surface area contributed by atoms with Gasteiger partial charge in [0, 0.05) is 31.9 Å². The Morgan fingerprint density at radius 2 is 1.39 bits per heavy atom. The summed E-state index contributed by atoms with van der Waals surface area (Å²) in [7, 11) is 0.